The Morgan fingerprint density at radius 2 is 2.19 bits per heavy atom. The first-order valence-electron chi connectivity index (χ1n) is 7.99. The van der Waals surface area contributed by atoms with E-state index in [4.69, 9.17) is 9.47 Å². The van der Waals surface area contributed by atoms with E-state index in [0.29, 0.717) is 12.1 Å². The van der Waals surface area contributed by atoms with Crippen molar-refractivity contribution in [1.82, 2.24) is 10.2 Å². The summed E-state index contributed by atoms with van der Waals surface area (Å²) in [5, 5.41) is 3.48. The quantitative estimate of drug-likeness (QED) is 0.754. The molecule has 0 aromatic rings. The largest absolute Gasteiger partial charge is 0.468 e. The van der Waals surface area contributed by atoms with Gasteiger partial charge in [-0.1, -0.05) is 0 Å². The van der Waals surface area contributed by atoms with Gasteiger partial charge in [-0.25, -0.2) is 0 Å². The molecule has 0 aromatic heterocycles. The lowest BCUT2D eigenvalue weighted by Crippen LogP contribution is -2.60. The Morgan fingerprint density at radius 1 is 1.52 bits per heavy atom. The molecule has 0 spiro atoms. The summed E-state index contributed by atoms with van der Waals surface area (Å²) in [6.07, 6.45) is 3.06. The minimum Gasteiger partial charge on any atom is -0.468 e. The number of nitrogens with zero attached hydrogens (tertiary/aromatic N) is 1. The van der Waals surface area contributed by atoms with Gasteiger partial charge in [0.25, 0.3) is 0 Å². The molecule has 1 aliphatic carbocycles. The van der Waals surface area contributed by atoms with E-state index < -0.39 is 5.54 Å². The lowest BCUT2D eigenvalue weighted by molar-refractivity contribution is -0.150. The van der Waals surface area contributed by atoms with Crippen molar-refractivity contribution in [2.75, 3.05) is 26.9 Å². The number of hydrogen-bond donors (Lipinski definition) is 1. The molecular weight excluding hydrogens is 268 g/mol. The normalized spacial score (nSPS) is 26.9. The van der Waals surface area contributed by atoms with Crippen LogP contribution in [0.2, 0.25) is 0 Å². The Hall–Kier alpha value is -0.650. The molecular formula is C16H30N2O3. The molecule has 21 heavy (non-hydrogen) atoms. The first kappa shape index (κ1) is 16.7. The van der Waals surface area contributed by atoms with E-state index in [1.54, 1.807) is 0 Å². The third-order valence-corrected chi connectivity index (χ3v) is 4.68. The van der Waals surface area contributed by atoms with Gasteiger partial charge in [0.15, 0.2) is 0 Å². The van der Waals surface area contributed by atoms with Gasteiger partial charge in [0.1, 0.15) is 5.54 Å². The van der Waals surface area contributed by atoms with Crippen molar-refractivity contribution < 1.29 is 14.3 Å². The van der Waals surface area contributed by atoms with Gasteiger partial charge in [0.2, 0.25) is 0 Å². The highest BCUT2D eigenvalue weighted by molar-refractivity contribution is 5.80. The number of ether oxygens (including phenoxy) is 2. The van der Waals surface area contributed by atoms with Crippen LogP contribution in [0.4, 0.5) is 0 Å². The average molecular weight is 298 g/mol. The molecule has 1 heterocycles. The third-order valence-electron chi connectivity index (χ3n) is 4.68. The van der Waals surface area contributed by atoms with Crippen molar-refractivity contribution in [3.63, 3.8) is 0 Å². The smallest absolute Gasteiger partial charge is 0.325 e. The number of esters is 1. The van der Waals surface area contributed by atoms with Crippen LogP contribution in [-0.2, 0) is 14.3 Å². The summed E-state index contributed by atoms with van der Waals surface area (Å²) in [5.74, 6) is -0.160. The van der Waals surface area contributed by atoms with Crippen LogP contribution in [-0.4, -0.2) is 60.9 Å². The predicted octanol–water partition coefficient (Wildman–Crippen LogP) is 1.56. The van der Waals surface area contributed by atoms with Crippen LogP contribution in [0.3, 0.4) is 0 Å². The molecule has 1 N–H and O–H groups in total. The number of hydrogen-bond acceptors (Lipinski definition) is 5. The van der Waals surface area contributed by atoms with Crippen LogP contribution in [0.1, 0.15) is 47.0 Å². The monoisotopic (exact) mass is 298 g/mol. The van der Waals surface area contributed by atoms with Crippen molar-refractivity contribution in [2.24, 2.45) is 0 Å². The topological polar surface area (TPSA) is 50.8 Å². The van der Waals surface area contributed by atoms with Crippen LogP contribution >= 0.6 is 0 Å². The second-order valence-electron chi connectivity index (χ2n) is 7.35. The van der Waals surface area contributed by atoms with E-state index in [1.165, 1.54) is 7.11 Å². The second-order valence-corrected chi connectivity index (χ2v) is 7.35. The molecule has 0 radical (unpaired) electrons. The summed E-state index contributed by atoms with van der Waals surface area (Å²) in [6.45, 7) is 11.0. The van der Waals surface area contributed by atoms with Gasteiger partial charge in [0.05, 0.1) is 20.3 Å². The molecule has 122 valence electrons. The van der Waals surface area contributed by atoms with Crippen molar-refractivity contribution in [3.8, 4) is 0 Å². The van der Waals surface area contributed by atoms with Crippen molar-refractivity contribution in [1.29, 1.82) is 0 Å². The lowest BCUT2D eigenvalue weighted by atomic mass is 9.89. The molecule has 5 nitrogen and oxygen atoms in total. The molecule has 1 saturated heterocycles. The Bertz CT molecular complexity index is 382. The molecule has 0 bridgehead atoms. The zero-order valence-electron chi connectivity index (χ0n) is 14.1. The predicted molar refractivity (Wildman–Crippen MR) is 82.3 cm³/mol. The molecule has 1 aliphatic heterocycles. The Balaban J connectivity index is 2.06. The van der Waals surface area contributed by atoms with E-state index >= 15 is 0 Å². The van der Waals surface area contributed by atoms with Crippen molar-refractivity contribution >= 4 is 5.97 Å². The summed E-state index contributed by atoms with van der Waals surface area (Å²) in [6, 6.07) is 0.762. The molecule has 2 rings (SSSR count). The van der Waals surface area contributed by atoms with Crippen LogP contribution < -0.4 is 5.32 Å². The molecule has 5 heteroatoms. The maximum absolute atomic E-state index is 12.2. The van der Waals surface area contributed by atoms with Crippen LogP contribution in [0.15, 0.2) is 0 Å². The summed E-state index contributed by atoms with van der Waals surface area (Å²) in [4.78, 5) is 14.7. The third kappa shape index (κ3) is 3.96. The first-order valence-corrected chi connectivity index (χ1v) is 7.99. The van der Waals surface area contributed by atoms with Crippen LogP contribution in [0.25, 0.3) is 0 Å². The fourth-order valence-corrected chi connectivity index (χ4v) is 3.49. The van der Waals surface area contributed by atoms with Gasteiger partial charge < -0.3 is 9.47 Å². The Labute approximate surface area is 128 Å². The molecule has 2 unspecified atom stereocenters. The number of morpholine rings is 1. The van der Waals surface area contributed by atoms with Gasteiger partial charge in [-0.2, -0.15) is 0 Å². The Morgan fingerprint density at radius 3 is 2.71 bits per heavy atom. The van der Waals surface area contributed by atoms with E-state index in [0.717, 1.165) is 39.0 Å². The maximum Gasteiger partial charge on any atom is 0.325 e. The van der Waals surface area contributed by atoms with Crippen LogP contribution in [0.5, 0.6) is 0 Å². The second kappa shape index (κ2) is 6.23. The first-order chi connectivity index (χ1) is 9.78. The number of carbonyl (C=O) groups excluding carboxylic acids is 1. The fourth-order valence-electron chi connectivity index (χ4n) is 3.49. The summed E-state index contributed by atoms with van der Waals surface area (Å²) < 4.78 is 10.6. The molecule has 0 amide bonds. The van der Waals surface area contributed by atoms with E-state index in [1.807, 2.05) is 6.92 Å². The standard InChI is InChI=1S/C16H30N2O3/c1-12(18-8-9-21-11-15(18,2)3)10-16(4,14(19)20-5)17-13-6-7-13/h12-13,17H,6-11H2,1-5H3. The fraction of sp³-hybridized carbons (Fsp3) is 0.938. The average Bonchev–Trinajstić information content (AvgIpc) is 3.20. The zero-order chi connectivity index (χ0) is 15.7. The molecule has 0 aromatic carbocycles. The summed E-state index contributed by atoms with van der Waals surface area (Å²) >= 11 is 0. The lowest BCUT2D eigenvalue weighted by Gasteiger charge is -2.47. The van der Waals surface area contributed by atoms with Gasteiger partial charge in [-0.15, -0.1) is 0 Å². The van der Waals surface area contributed by atoms with E-state index in [2.05, 4.69) is 31.0 Å². The van der Waals surface area contributed by atoms with Gasteiger partial charge in [0, 0.05) is 24.2 Å². The van der Waals surface area contributed by atoms with Gasteiger partial charge in [-0.3, -0.25) is 15.0 Å². The summed E-state index contributed by atoms with van der Waals surface area (Å²) in [5.41, 5.74) is -0.599. The highest BCUT2D eigenvalue weighted by Crippen LogP contribution is 2.29. The maximum atomic E-state index is 12.2. The minimum absolute atomic E-state index is 0.00821. The van der Waals surface area contributed by atoms with Crippen LogP contribution in [0, 0.1) is 0 Å². The van der Waals surface area contributed by atoms with E-state index in [-0.39, 0.29) is 11.5 Å². The number of carbonyl (C=O) groups is 1. The molecule has 2 fully saturated rings. The Kier molecular flexibility index (Phi) is 4.96. The van der Waals surface area contributed by atoms with Gasteiger partial charge in [-0.05, 0) is 47.0 Å². The molecule has 2 aliphatic rings. The number of methoxy groups -OCH3 is 1. The number of nitrogens with one attached hydrogen (secondary N) is 1. The van der Waals surface area contributed by atoms with Gasteiger partial charge >= 0.3 is 5.97 Å². The minimum atomic E-state index is -0.607. The molecule has 1 saturated carbocycles. The highest BCUT2D eigenvalue weighted by Gasteiger charge is 2.43. The van der Waals surface area contributed by atoms with Crippen molar-refractivity contribution in [2.45, 2.75) is 70.1 Å². The van der Waals surface area contributed by atoms with E-state index in [9.17, 15) is 4.79 Å². The summed E-state index contributed by atoms with van der Waals surface area (Å²) in [7, 11) is 1.47. The molecule has 2 atom stereocenters. The number of rotatable bonds is 6. The zero-order valence-corrected chi connectivity index (χ0v) is 14.1. The van der Waals surface area contributed by atoms with Crippen molar-refractivity contribution in [3.05, 3.63) is 0 Å². The highest BCUT2D eigenvalue weighted by atomic mass is 16.5. The SMILES string of the molecule is COC(=O)C(C)(CC(C)N1CCOCC1(C)C)NC1CC1.